The van der Waals surface area contributed by atoms with E-state index in [9.17, 15) is 4.79 Å². The van der Waals surface area contributed by atoms with Crippen LogP contribution < -0.4 is 11.1 Å². The summed E-state index contributed by atoms with van der Waals surface area (Å²) in [6, 6.07) is 5.49. The minimum absolute atomic E-state index is 0.00498. The number of nitrogens with two attached hydrogens (primary N) is 1. The zero-order valence-electron chi connectivity index (χ0n) is 11.0. The molecule has 0 spiro atoms. The molecule has 0 bridgehead atoms. The highest BCUT2D eigenvalue weighted by Crippen LogP contribution is 2.23. The molecule has 1 fully saturated rings. The van der Waals surface area contributed by atoms with Crippen molar-refractivity contribution in [1.29, 1.82) is 0 Å². The molecule has 3 N–H and O–H groups in total. The molecule has 1 aromatic carbocycles. The van der Waals surface area contributed by atoms with E-state index in [0.717, 1.165) is 12.1 Å². The van der Waals surface area contributed by atoms with E-state index in [1.165, 1.54) is 32.1 Å². The molecule has 0 atom stereocenters. The second-order valence-electron chi connectivity index (χ2n) is 5.23. The van der Waals surface area contributed by atoms with Gasteiger partial charge in [-0.25, -0.2) is 0 Å². The molecule has 18 heavy (non-hydrogen) atoms. The highest BCUT2D eigenvalue weighted by atomic mass is 16.1. The fourth-order valence-corrected chi connectivity index (χ4v) is 2.62. The van der Waals surface area contributed by atoms with Crippen LogP contribution in [0.3, 0.4) is 0 Å². The summed E-state index contributed by atoms with van der Waals surface area (Å²) in [5.74, 6) is 0.662. The van der Waals surface area contributed by atoms with Gasteiger partial charge in [-0.2, -0.15) is 0 Å². The van der Waals surface area contributed by atoms with Crippen LogP contribution in [-0.2, 0) is 0 Å². The maximum absolute atomic E-state index is 12.1. The van der Waals surface area contributed by atoms with Crippen molar-refractivity contribution in [2.75, 3.05) is 12.3 Å². The van der Waals surface area contributed by atoms with E-state index in [0.29, 0.717) is 17.2 Å². The second-order valence-corrected chi connectivity index (χ2v) is 5.23. The predicted octanol–water partition coefficient (Wildman–Crippen LogP) is 2.89. The van der Waals surface area contributed by atoms with E-state index in [1.807, 2.05) is 25.1 Å². The maximum Gasteiger partial charge on any atom is 0.251 e. The van der Waals surface area contributed by atoms with Gasteiger partial charge in [-0.05, 0) is 43.4 Å². The molecule has 2 rings (SSSR count). The zero-order chi connectivity index (χ0) is 13.0. The molecule has 1 aliphatic rings. The molecule has 0 unspecified atom stereocenters. The molecular weight excluding hydrogens is 224 g/mol. The van der Waals surface area contributed by atoms with Crippen LogP contribution in [0, 0.1) is 12.8 Å². The first kappa shape index (κ1) is 12.9. The average Bonchev–Trinajstić information content (AvgIpc) is 2.40. The van der Waals surface area contributed by atoms with Gasteiger partial charge in [-0.1, -0.05) is 25.3 Å². The average molecular weight is 246 g/mol. The topological polar surface area (TPSA) is 55.1 Å². The molecule has 1 aromatic rings. The molecule has 3 nitrogen and oxygen atoms in total. The minimum atomic E-state index is 0.00498. The van der Waals surface area contributed by atoms with Crippen LogP contribution in [-0.4, -0.2) is 12.5 Å². The van der Waals surface area contributed by atoms with Crippen LogP contribution in [0.25, 0.3) is 0 Å². The number of nitrogen functional groups attached to an aromatic ring is 1. The number of carbonyl (C=O) groups excluding carboxylic acids is 1. The summed E-state index contributed by atoms with van der Waals surface area (Å²) in [5.41, 5.74) is 8.07. The number of carbonyl (C=O) groups is 1. The highest BCUT2D eigenvalue weighted by Gasteiger charge is 2.16. The van der Waals surface area contributed by atoms with E-state index in [1.54, 1.807) is 0 Å². The van der Waals surface area contributed by atoms with Crippen LogP contribution in [0.2, 0.25) is 0 Å². The number of hydrogen-bond donors (Lipinski definition) is 2. The number of anilines is 1. The zero-order valence-corrected chi connectivity index (χ0v) is 11.0. The van der Waals surface area contributed by atoms with E-state index < -0.39 is 0 Å². The summed E-state index contributed by atoms with van der Waals surface area (Å²) >= 11 is 0. The van der Waals surface area contributed by atoms with E-state index in [2.05, 4.69) is 5.32 Å². The Balaban J connectivity index is 1.93. The summed E-state index contributed by atoms with van der Waals surface area (Å²) in [5, 5.41) is 3.04. The number of nitrogens with one attached hydrogen (secondary N) is 1. The van der Waals surface area contributed by atoms with Gasteiger partial charge in [0, 0.05) is 17.8 Å². The van der Waals surface area contributed by atoms with Crippen molar-refractivity contribution >= 4 is 11.6 Å². The fourth-order valence-electron chi connectivity index (χ4n) is 2.62. The summed E-state index contributed by atoms with van der Waals surface area (Å²) in [6.45, 7) is 2.69. The lowest BCUT2D eigenvalue weighted by molar-refractivity contribution is 0.0943. The Morgan fingerprint density at radius 3 is 2.78 bits per heavy atom. The van der Waals surface area contributed by atoms with Crippen molar-refractivity contribution in [3.8, 4) is 0 Å². The Kier molecular flexibility index (Phi) is 4.24. The van der Waals surface area contributed by atoms with E-state index in [4.69, 9.17) is 5.73 Å². The van der Waals surface area contributed by atoms with Gasteiger partial charge in [-0.15, -0.1) is 0 Å². The molecule has 0 saturated heterocycles. The van der Waals surface area contributed by atoms with Crippen LogP contribution in [0.5, 0.6) is 0 Å². The SMILES string of the molecule is Cc1c(N)cccc1C(=O)NCC1CCCCC1. The molecule has 0 aliphatic heterocycles. The first-order chi connectivity index (χ1) is 8.68. The second kappa shape index (κ2) is 5.89. The molecule has 0 radical (unpaired) electrons. The Hall–Kier alpha value is -1.51. The largest absolute Gasteiger partial charge is 0.398 e. The summed E-state index contributed by atoms with van der Waals surface area (Å²) < 4.78 is 0. The molecule has 1 aliphatic carbocycles. The molecule has 0 heterocycles. The lowest BCUT2D eigenvalue weighted by Crippen LogP contribution is -2.30. The first-order valence-corrected chi connectivity index (χ1v) is 6.82. The van der Waals surface area contributed by atoms with Gasteiger partial charge in [-0.3, -0.25) is 4.79 Å². The maximum atomic E-state index is 12.1. The lowest BCUT2D eigenvalue weighted by Gasteiger charge is -2.22. The Morgan fingerprint density at radius 1 is 1.33 bits per heavy atom. The molecule has 98 valence electrons. The first-order valence-electron chi connectivity index (χ1n) is 6.82. The molecular formula is C15H22N2O. The van der Waals surface area contributed by atoms with Crippen LogP contribution in [0.4, 0.5) is 5.69 Å². The fraction of sp³-hybridized carbons (Fsp3) is 0.533. The van der Waals surface area contributed by atoms with Crippen molar-refractivity contribution in [3.63, 3.8) is 0 Å². The standard InChI is InChI=1S/C15H22N2O/c1-11-13(8-5-9-14(11)16)15(18)17-10-12-6-3-2-4-7-12/h5,8-9,12H,2-4,6-7,10,16H2,1H3,(H,17,18). The highest BCUT2D eigenvalue weighted by molar-refractivity contribution is 5.96. The summed E-state index contributed by atoms with van der Waals surface area (Å²) in [4.78, 5) is 12.1. The Bertz CT molecular complexity index is 423. The van der Waals surface area contributed by atoms with Gasteiger partial charge < -0.3 is 11.1 Å². The van der Waals surface area contributed by atoms with Crippen molar-refractivity contribution in [1.82, 2.24) is 5.32 Å². The summed E-state index contributed by atoms with van der Waals surface area (Å²) in [7, 11) is 0. The third-order valence-corrected chi connectivity index (χ3v) is 3.90. The van der Waals surface area contributed by atoms with Crippen molar-refractivity contribution in [2.45, 2.75) is 39.0 Å². The number of amides is 1. The van der Waals surface area contributed by atoms with Gasteiger partial charge >= 0.3 is 0 Å². The van der Waals surface area contributed by atoms with Gasteiger partial charge in [0.2, 0.25) is 0 Å². The van der Waals surface area contributed by atoms with E-state index in [-0.39, 0.29) is 5.91 Å². The molecule has 3 heteroatoms. The Morgan fingerprint density at radius 2 is 2.06 bits per heavy atom. The minimum Gasteiger partial charge on any atom is -0.398 e. The van der Waals surface area contributed by atoms with Crippen molar-refractivity contribution in [3.05, 3.63) is 29.3 Å². The third-order valence-electron chi connectivity index (χ3n) is 3.90. The predicted molar refractivity (Wildman–Crippen MR) is 74.5 cm³/mol. The molecule has 1 saturated carbocycles. The van der Waals surface area contributed by atoms with Crippen molar-refractivity contribution in [2.24, 2.45) is 5.92 Å². The summed E-state index contributed by atoms with van der Waals surface area (Å²) in [6.07, 6.45) is 6.45. The van der Waals surface area contributed by atoms with Crippen LogP contribution in [0.15, 0.2) is 18.2 Å². The molecule has 1 amide bonds. The third kappa shape index (κ3) is 3.03. The van der Waals surface area contributed by atoms with Gasteiger partial charge in [0.25, 0.3) is 5.91 Å². The van der Waals surface area contributed by atoms with Gasteiger partial charge in [0.1, 0.15) is 0 Å². The quantitative estimate of drug-likeness (QED) is 0.806. The van der Waals surface area contributed by atoms with Gasteiger partial charge in [0.05, 0.1) is 0 Å². The molecule has 0 aromatic heterocycles. The number of rotatable bonds is 3. The van der Waals surface area contributed by atoms with Crippen molar-refractivity contribution < 1.29 is 4.79 Å². The Labute approximate surface area is 109 Å². The normalized spacial score (nSPS) is 16.5. The van der Waals surface area contributed by atoms with Gasteiger partial charge in [0.15, 0.2) is 0 Å². The number of benzene rings is 1. The van der Waals surface area contributed by atoms with Crippen LogP contribution in [0.1, 0.15) is 48.0 Å². The van der Waals surface area contributed by atoms with Crippen LogP contribution >= 0.6 is 0 Å². The smallest absolute Gasteiger partial charge is 0.251 e. The van der Waals surface area contributed by atoms with E-state index >= 15 is 0 Å². The number of hydrogen-bond acceptors (Lipinski definition) is 2. The monoisotopic (exact) mass is 246 g/mol. The lowest BCUT2D eigenvalue weighted by atomic mass is 9.89.